The lowest BCUT2D eigenvalue weighted by molar-refractivity contribution is -0.141. The highest BCUT2D eigenvalue weighted by molar-refractivity contribution is 6.08. The number of carboxylic acid groups (broad SMARTS) is 1. The fourth-order valence-electron chi connectivity index (χ4n) is 3.89. The van der Waals surface area contributed by atoms with Gasteiger partial charge in [0.25, 0.3) is 5.91 Å². The molecular weight excluding hydrogens is 308 g/mol. The van der Waals surface area contributed by atoms with Gasteiger partial charge in [0.1, 0.15) is 11.8 Å². The molecule has 4 rings (SSSR count). The maximum Gasteiger partial charge on any atom is 0.326 e. The number of rotatable bonds is 2. The molecular formula is C18H18N2O4. The number of H-pyrrole nitrogens is 1. The molecule has 24 heavy (non-hydrogen) atoms. The third-order valence-corrected chi connectivity index (χ3v) is 5.09. The van der Waals surface area contributed by atoms with E-state index in [1.54, 1.807) is 12.1 Å². The van der Waals surface area contributed by atoms with Crippen LogP contribution >= 0.6 is 0 Å². The highest BCUT2D eigenvalue weighted by Gasteiger charge is 2.35. The van der Waals surface area contributed by atoms with Gasteiger partial charge in [0.05, 0.1) is 11.1 Å². The Kier molecular flexibility index (Phi) is 3.40. The molecule has 2 N–H and O–H groups in total. The van der Waals surface area contributed by atoms with Crippen molar-refractivity contribution in [1.29, 1.82) is 0 Å². The van der Waals surface area contributed by atoms with Gasteiger partial charge in [-0.25, -0.2) is 4.79 Å². The van der Waals surface area contributed by atoms with E-state index in [-0.39, 0.29) is 11.7 Å². The van der Waals surface area contributed by atoms with Crippen LogP contribution in [0.25, 0.3) is 10.9 Å². The van der Waals surface area contributed by atoms with E-state index in [2.05, 4.69) is 4.98 Å². The molecule has 0 radical (unpaired) electrons. The zero-order chi connectivity index (χ0) is 16.8. The minimum absolute atomic E-state index is 0.214. The van der Waals surface area contributed by atoms with E-state index in [0.717, 1.165) is 22.2 Å². The van der Waals surface area contributed by atoms with Crippen LogP contribution in [0.5, 0.6) is 0 Å². The molecule has 2 aromatic rings. The first-order valence-corrected chi connectivity index (χ1v) is 8.24. The molecule has 1 saturated heterocycles. The number of nitrogens with one attached hydrogen (secondary N) is 1. The van der Waals surface area contributed by atoms with Gasteiger partial charge in [-0.15, -0.1) is 0 Å². The van der Waals surface area contributed by atoms with E-state index in [1.165, 1.54) is 4.90 Å². The van der Waals surface area contributed by atoms with E-state index in [0.29, 0.717) is 44.2 Å². The number of aromatic nitrogens is 1. The molecule has 0 spiro atoms. The van der Waals surface area contributed by atoms with Gasteiger partial charge >= 0.3 is 5.97 Å². The number of nitrogens with zero attached hydrogens (tertiary/aromatic N) is 1. The summed E-state index contributed by atoms with van der Waals surface area (Å²) in [6.45, 7) is 0.463. The second-order valence-corrected chi connectivity index (χ2v) is 6.52. The largest absolute Gasteiger partial charge is 0.480 e. The fourth-order valence-corrected chi connectivity index (χ4v) is 3.89. The normalized spacial score (nSPS) is 20.4. The second kappa shape index (κ2) is 5.47. The number of carbonyl (C=O) groups is 3. The first kappa shape index (κ1) is 14.9. The molecule has 2 aliphatic rings. The number of aryl methyl sites for hydroxylation is 1. The van der Waals surface area contributed by atoms with Crippen LogP contribution in [0.4, 0.5) is 0 Å². The Morgan fingerprint density at radius 1 is 1.25 bits per heavy atom. The number of Topliss-reactive ketones (excluding diaryl/α,β-unsaturated/α-hetero) is 1. The lowest BCUT2D eigenvalue weighted by atomic mass is 9.94. The number of hydrogen-bond donors (Lipinski definition) is 2. The van der Waals surface area contributed by atoms with Crippen molar-refractivity contribution in [1.82, 2.24) is 9.88 Å². The van der Waals surface area contributed by atoms with Crippen LogP contribution in [0.2, 0.25) is 0 Å². The first-order valence-electron chi connectivity index (χ1n) is 8.24. The number of amides is 1. The van der Waals surface area contributed by atoms with Crippen LogP contribution in [0.3, 0.4) is 0 Å². The topological polar surface area (TPSA) is 90.5 Å². The van der Waals surface area contributed by atoms with Crippen molar-refractivity contribution in [2.45, 2.75) is 38.1 Å². The van der Waals surface area contributed by atoms with Crippen LogP contribution in [0.1, 0.15) is 40.9 Å². The molecule has 1 atom stereocenters. The molecule has 1 amide bonds. The summed E-state index contributed by atoms with van der Waals surface area (Å²) >= 11 is 0. The number of hydrogen-bond acceptors (Lipinski definition) is 3. The Hall–Kier alpha value is -2.63. The summed E-state index contributed by atoms with van der Waals surface area (Å²) in [4.78, 5) is 40.8. The average molecular weight is 326 g/mol. The fraction of sp³-hybridized carbons (Fsp3) is 0.389. The molecule has 6 heteroatoms. The summed E-state index contributed by atoms with van der Waals surface area (Å²) in [5.41, 5.74) is 3.20. The molecule has 0 bridgehead atoms. The van der Waals surface area contributed by atoms with Gasteiger partial charge in [-0.3, -0.25) is 9.59 Å². The third-order valence-electron chi connectivity index (χ3n) is 5.09. The van der Waals surface area contributed by atoms with Gasteiger partial charge in [-0.1, -0.05) is 12.1 Å². The summed E-state index contributed by atoms with van der Waals surface area (Å²) in [6, 6.07) is 4.69. The van der Waals surface area contributed by atoms with Crippen molar-refractivity contribution in [2.24, 2.45) is 0 Å². The number of aliphatic carboxylic acids is 1. The molecule has 1 aromatic heterocycles. The summed E-state index contributed by atoms with van der Waals surface area (Å²) in [6.07, 6.45) is 2.78. The van der Waals surface area contributed by atoms with Gasteiger partial charge in [-0.2, -0.15) is 0 Å². The minimum atomic E-state index is -0.954. The molecule has 1 aliphatic carbocycles. The lowest BCUT2D eigenvalue weighted by Gasteiger charge is -2.21. The maximum absolute atomic E-state index is 12.9. The zero-order valence-electron chi connectivity index (χ0n) is 13.2. The average Bonchev–Trinajstić information content (AvgIpc) is 3.18. The predicted octanol–water partition coefficient (Wildman–Crippen LogP) is 1.91. The van der Waals surface area contributed by atoms with Crippen molar-refractivity contribution in [3.8, 4) is 0 Å². The SMILES string of the molecule is O=C1CCc2[nH]c3c(C(=O)N4CCCC4C(=O)O)cccc3c2C1. The third kappa shape index (κ3) is 2.21. The summed E-state index contributed by atoms with van der Waals surface area (Å²) in [5, 5.41) is 10.2. The van der Waals surface area contributed by atoms with Crippen LogP contribution in [-0.2, 0) is 22.4 Å². The van der Waals surface area contributed by atoms with E-state index in [1.807, 2.05) is 6.07 Å². The standard InChI is InChI=1S/C18H18N2O4/c21-10-6-7-14-13(9-10)11-3-1-4-12(16(11)19-14)17(22)20-8-2-5-15(20)18(23)24/h1,3-4,15,19H,2,5-9H2,(H,23,24). The number of benzene rings is 1. The van der Waals surface area contributed by atoms with E-state index >= 15 is 0 Å². The lowest BCUT2D eigenvalue weighted by Crippen LogP contribution is -2.40. The minimum Gasteiger partial charge on any atom is -0.480 e. The second-order valence-electron chi connectivity index (χ2n) is 6.52. The summed E-state index contributed by atoms with van der Waals surface area (Å²) in [7, 11) is 0. The number of para-hydroxylation sites is 1. The zero-order valence-corrected chi connectivity index (χ0v) is 13.2. The van der Waals surface area contributed by atoms with E-state index in [4.69, 9.17) is 0 Å². The van der Waals surface area contributed by atoms with Gasteiger partial charge in [0.15, 0.2) is 0 Å². The highest BCUT2D eigenvalue weighted by Crippen LogP contribution is 2.31. The Morgan fingerprint density at radius 2 is 2.08 bits per heavy atom. The summed E-state index contributed by atoms with van der Waals surface area (Å²) < 4.78 is 0. The van der Waals surface area contributed by atoms with Crippen molar-refractivity contribution in [3.05, 3.63) is 35.0 Å². The molecule has 124 valence electrons. The Balaban J connectivity index is 1.79. The van der Waals surface area contributed by atoms with Crippen LogP contribution in [-0.4, -0.2) is 45.2 Å². The number of carboxylic acids is 1. The number of aromatic amines is 1. The van der Waals surface area contributed by atoms with Crippen LogP contribution in [0, 0.1) is 0 Å². The Morgan fingerprint density at radius 3 is 2.88 bits per heavy atom. The van der Waals surface area contributed by atoms with Gasteiger partial charge < -0.3 is 15.0 Å². The quantitative estimate of drug-likeness (QED) is 0.882. The highest BCUT2D eigenvalue weighted by atomic mass is 16.4. The molecule has 1 fully saturated rings. The molecule has 1 aliphatic heterocycles. The van der Waals surface area contributed by atoms with Crippen molar-refractivity contribution in [2.75, 3.05) is 6.54 Å². The van der Waals surface area contributed by atoms with Crippen molar-refractivity contribution in [3.63, 3.8) is 0 Å². The monoisotopic (exact) mass is 326 g/mol. The number of likely N-dealkylation sites (tertiary alicyclic amines) is 1. The van der Waals surface area contributed by atoms with Crippen LogP contribution in [0.15, 0.2) is 18.2 Å². The van der Waals surface area contributed by atoms with Crippen LogP contribution < -0.4 is 0 Å². The molecule has 1 aromatic carbocycles. The first-order chi connectivity index (χ1) is 11.6. The number of ketones is 1. The number of carbonyl (C=O) groups excluding carboxylic acids is 2. The summed E-state index contributed by atoms with van der Waals surface area (Å²) in [5.74, 6) is -0.995. The van der Waals surface area contributed by atoms with Crippen molar-refractivity contribution >= 4 is 28.6 Å². The molecule has 1 unspecified atom stereocenters. The van der Waals surface area contributed by atoms with Gasteiger partial charge in [-0.05, 0) is 30.9 Å². The predicted molar refractivity (Wildman–Crippen MR) is 87.0 cm³/mol. The smallest absolute Gasteiger partial charge is 0.326 e. The van der Waals surface area contributed by atoms with E-state index < -0.39 is 12.0 Å². The Labute approximate surface area is 138 Å². The molecule has 6 nitrogen and oxygen atoms in total. The maximum atomic E-state index is 12.9. The van der Waals surface area contributed by atoms with E-state index in [9.17, 15) is 19.5 Å². The van der Waals surface area contributed by atoms with Gasteiger partial charge in [0, 0.05) is 30.5 Å². The Bertz CT molecular complexity index is 867. The van der Waals surface area contributed by atoms with Gasteiger partial charge in [0.2, 0.25) is 0 Å². The van der Waals surface area contributed by atoms with Crippen molar-refractivity contribution < 1.29 is 19.5 Å². The number of fused-ring (bicyclic) bond motifs is 3. The molecule has 2 heterocycles. The molecule has 0 saturated carbocycles.